The first kappa shape index (κ1) is 11.8. The predicted molar refractivity (Wildman–Crippen MR) is 65.5 cm³/mol. The molecule has 7 heteroatoms. The third-order valence-corrected chi connectivity index (χ3v) is 2.51. The van der Waals surface area contributed by atoms with E-state index in [2.05, 4.69) is 5.10 Å². The van der Waals surface area contributed by atoms with Gasteiger partial charge >= 0.3 is 5.63 Å². The van der Waals surface area contributed by atoms with Gasteiger partial charge in [0.1, 0.15) is 5.58 Å². The van der Waals surface area contributed by atoms with Crippen LogP contribution in [0.1, 0.15) is 12.5 Å². The van der Waals surface area contributed by atoms with E-state index in [0.717, 1.165) is 0 Å². The molecule has 0 aliphatic rings. The van der Waals surface area contributed by atoms with Gasteiger partial charge in [0.2, 0.25) is 0 Å². The van der Waals surface area contributed by atoms with Crippen molar-refractivity contribution < 1.29 is 9.34 Å². The summed E-state index contributed by atoms with van der Waals surface area (Å²) in [6.45, 7) is 1.55. The number of hydrogen-bond acceptors (Lipinski definition) is 6. The van der Waals surface area contributed by atoms with Crippen LogP contribution in [0.4, 0.5) is 5.69 Å². The number of hydrogen-bond donors (Lipinski definition) is 1. The fourth-order valence-electron chi connectivity index (χ4n) is 1.55. The van der Waals surface area contributed by atoms with Crippen LogP contribution in [0.25, 0.3) is 11.0 Å². The van der Waals surface area contributed by atoms with Gasteiger partial charge in [-0.15, -0.1) is 0 Å². The molecule has 92 valence electrons. The summed E-state index contributed by atoms with van der Waals surface area (Å²) in [5, 5.41) is 14.5. The first-order valence-corrected chi connectivity index (χ1v) is 5.00. The largest absolute Gasteiger partial charge is 0.422 e. The maximum absolute atomic E-state index is 11.6. The van der Waals surface area contributed by atoms with Crippen molar-refractivity contribution in [1.82, 2.24) is 0 Å². The highest BCUT2D eigenvalue weighted by Gasteiger charge is 2.11. The first-order valence-electron chi connectivity index (χ1n) is 5.00. The van der Waals surface area contributed by atoms with Gasteiger partial charge in [0.25, 0.3) is 5.69 Å². The molecule has 0 bridgehead atoms. The van der Waals surface area contributed by atoms with E-state index in [0.29, 0.717) is 11.1 Å². The van der Waals surface area contributed by atoms with Crippen molar-refractivity contribution in [3.8, 4) is 0 Å². The Morgan fingerprint density at radius 1 is 1.44 bits per heavy atom. The average molecular weight is 247 g/mol. The number of fused-ring (bicyclic) bond motifs is 1. The van der Waals surface area contributed by atoms with Crippen LogP contribution in [-0.2, 0) is 0 Å². The van der Waals surface area contributed by atoms with Crippen LogP contribution in [0.5, 0.6) is 0 Å². The zero-order valence-corrected chi connectivity index (χ0v) is 9.41. The molecule has 0 unspecified atom stereocenters. The van der Waals surface area contributed by atoms with Crippen LogP contribution in [0.2, 0.25) is 0 Å². The Bertz CT molecular complexity index is 718. The normalized spacial score (nSPS) is 11.7. The topological polar surface area (TPSA) is 112 Å². The number of benzene rings is 1. The third kappa shape index (κ3) is 1.93. The van der Waals surface area contributed by atoms with Crippen molar-refractivity contribution in [3.05, 3.63) is 50.4 Å². The summed E-state index contributed by atoms with van der Waals surface area (Å²) in [5.41, 5.74) is 0.106. The van der Waals surface area contributed by atoms with E-state index >= 15 is 0 Å². The van der Waals surface area contributed by atoms with Gasteiger partial charge < -0.3 is 10.3 Å². The molecule has 0 saturated heterocycles. The monoisotopic (exact) mass is 247 g/mol. The number of rotatable bonds is 2. The van der Waals surface area contributed by atoms with Crippen molar-refractivity contribution in [1.29, 1.82) is 0 Å². The van der Waals surface area contributed by atoms with Gasteiger partial charge in [0, 0.05) is 17.5 Å². The van der Waals surface area contributed by atoms with E-state index < -0.39 is 10.5 Å². The summed E-state index contributed by atoms with van der Waals surface area (Å²) in [4.78, 5) is 21.8. The van der Waals surface area contributed by atoms with Gasteiger partial charge in [-0.25, -0.2) is 4.79 Å². The van der Waals surface area contributed by atoms with Gasteiger partial charge in [0.05, 0.1) is 16.2 Å². The maximum atomic E-state index is 11.6. The molecule has 2 rings (SSSR count). The minimum absolute atomic E-state index is 0.0790. The highest BCUT2D eigenvalue weighted by Crippen LogP contribution is 2.20. The second-order valence-corrected chi connectivity index (χ2v) is 3.64. The van der Waals surface area contributed by atoms with Crippen LogP contribution in [0.15, 0.2) is 38.6 Å². The molecule has 0 fully saturated rings. The standard InChI is InChI=1S/C11H9N3O4/c1-6(13-12)9-5-7-4-8(14(16)17)2-3-10(7)18-11(9)15/h2-5H,12H2,1H3. The Kier molecular flexibility index (Phi) is 2.80. The minimum atomic E-state index is -0.581. The van der Waals surface area contributed by atoms with Crippen LogP contribution in [0, 0.1) is 10.1 Å². The SMILES string of the molecule is CC(=NN)c1cc2cc([N+](=O)[O-])ccc2oc1=O. The molecule has 1 heterocycles. The second kappa shape index (κ2) is 4.28. The molecule has 0 aliphatic heterocycles. The quantitative estimate of drug-likeness (QED) is 0.283. The number of nitrogens with zero attached hydrogens (tertiary/aromatic N) is 2. The lowest BCUT2D eigenvalue weighted by atomic mass is 10.1. The fourth-order valence-corrected chi connectivity index (χ4v) is 1.55. The maximum Gasteiger partial charge on any atom is 0.345 e. The van der Waals surface area contributed by atoms with Gasteiger partial charge in [-0.1, -0.05) is 0 Å². The summed E-state index contributed by atoms with van der Waals surface area (Å²) in [6, 6.07) is 5.45. The lowest BCUT2D eigenvalue weighted by Gasteiger charge is -2.00. The Balaban J connectivity index is 2.75. The van der Waals surface area contributed by atoms with Crippen molar-refractivity contribution in [2.24, 2.45) is 10.9 Å². The average Bonchev–Trinajstić information content (AvgIpc) is 2.36. The summed E-state index contributed by atoms with van der Waals surface area (Å²) in [6.07, 6.45) is 0. The highest BCUT2D eigenvalue weighted by atomic mass is 16.6. The van der Waals surface area contributed by atoms with E-state index in [1.807, 2.05) is 0 Å². The molecular formula is C11H9N3O4. The molecule has 2 aromatic rings. The molecule has 18 heavy (non-hydrogen) atoms. The molecular weight excluding hydrogens is 238 g/mol. The van der Waals surface area contributed by atoms with Crippen LogP contribution in [0.3, 0.4) is 0 Å². The number of non-ortho nitro benzene ring substituents is 1. The molecule has 1 aromatic carbocycles. The van der Waals surface area contributed by atoms with Crippen molar-refractivity contribution in [2.45, 2.75) is 6.92 Å². The van der Waals surface area contributed by atoms with E-state index in [4.69, 9.17) is 10.3 Å². The molecule has 7 nitrogen and oxygen atoms in total. The Labute approximate surface area is 101 Å². The first-order chi connectivity index (χ1) is 8.52. The van der Waals surface area contributed by atoms with Crippen LogP contribution >= 0.6 is 0 Å². The van der Waals surface area contributed by atoms with E-state index in [9.17, 15) is 14.9 Å². The fraction of sp³-hybridized carbons (Fsp3) is 0.0909. The molecule has 0 aliphatic carbocycles. The molecule has 1 aromatic heterocycles. The number of nitrogens with two attached hydrogens (primary N) is 1. The van der Waals surface area contributed by atoms with Gasteiger partial charge in [-0.2, -0.15) is 5.10 Å². The highest BCUT2D eigenvalue weighted by molar-refractivity contribution is 6.00. The third-order valence-electron chi connectivity index (χ3n) is 2.51. The van der Waals surface area contributed by atoms with E-state index in [1.165, 1.54) is 24.3 Å². The zero-order valence-electron chi connectivity index (χ0n) is 9.41. The summed E-state index contributed by atoms with van der Waals surface area (Å²) in [7, 11) is 0. The Morgan fingerprint density at radius 2 is 2.17 bits per heavy atom. The van der Waals surface area contributed by atoms with E-state index in [-0.39, 0.29) is 16.8 Å². The smallest absolute Gasteiger partial charge is 0.345 e. The molecule has 0 spiro atoms. The molecule has 0 atom stereocenters. The Morgan fingerprint density at radius 3 is 2.78 bits per heavy atom. The van der Waals surface area contributed by atoms with Gasteiger partial charge in [0.15, 0.2) is 0 Å². The summed E-state index contributed by atoms with van der Waals surface area (Å²) < 4.78 is 5.04. The lowest BCUT2D eigenvalue weighted by molar-refractivity contribution is -0.384. The lowest BCUT2D eigenvalue weighted by Crippen LogP contribution is -2.13. The minimum Gasteiger partial charge on any atom is -0.422 e. The molecule has 0 saturated carbocycles. The predicted octanol–water partition coefficient (Wildman–Crippen LogP) is 1.38. The van der Waals surface area contributed by atoms with Crippen molar-refractivity contribution in [2.75, 3.05) is 0 Å². The molecule has 2 N–H and O–H groups in total. The molecule has 0 amide bonds. The summed E-state index contributed by atoms with van der Waals surface area (Å²) in [5.74, 6) is 5.09. The van der Waals surface area contributed by atoms with Crippen molar-refractivity contribution in [3.63, 3.8) is 0 Å². The Hall–Kier alpha value is -2.70. The number of hydrazone groups is 1. The second-order valence-electron chi connectivity index (χ2n) is 3.64. The molecule has 0 radical (unpaired) electrons. The van der Waals surface area contributed by atoms with Crippen molar-refractivity contribution >= 4 is 22.4 Å². The van der Waals surface area contributed by atoms with Gasteiger partial charge in [-0.3, -0.25) is 10.1 Å². The van der Waals surface area contributed by atoms with Gasteiger partial charge in [-0.05, 0) is 19.1 Å². The van der Waals surface area contributed by atoms with Crippen LogP contribution in [-0.4, -0.2) is 10.6 Å². The van der Waals surface area contributed by atoms with E-state index in [1.54, 1.807) is 6.92 Å². The zero-order chi connectivity index (χ0) is 13.3. The summed E-state index contributed by atoms with van der Waals surface area (Å²) >= 11 is 0. The number of nitro groups is 1. The van der Waals surface area contributed by atoms with Crippen LogP contribution < -0.4 is 11.5 Å². The number of nitro benzene ring substituents is 1.